The first-order valence-electron chi connectivity index (χ1n) is 6.32. The molecule has 1 fully saturated rings. The van der Waals surface area contributed by atoms with E-state index in [1.165, 1.54) is 12.5 Å². The highest BCUT2D eigenvalue weighted by molar-refractivity contribution is 5.19. The molecule has 1 aromatic carbocycles. The fourth-order valence-corrected chi connectivity index (χ4v) is 2.54. The summed E-state index contributed by atoms with van der Waals surface area (Å²) >= 11 is 0. The van der Waals surface area contributed by atoms with E-state index >= 15 is 0 Å². The second kappa shape index (κ2) is 5.61. The van der Waals surface area contributed by atoms with Crippen LogP contribution in [0.25, 0.3) is 0 Å². The van der Waals surface area contributed by atoms with Crippen molar-refractivity contribution in [2.45, 2.75) is 38.3 Å². The van der Waals surface area contributed by atoms with Crippen molar-refractivity contribution < 1.29 is 9.50 Å². The molecule has 0 spiro atoms. The number of rotatable bonds is 3. The highest BCUT2D eigenvalue weighted by Crippen LogP contribution is 2.25. The summed E-state index contributed by atoms with van der Waals surface area (Å²) in [5, 5.41) is 13.4. The van der Waals surface area contributed by atoms with Gasteiger partial charge < -0.3 is 10.4 Å². The van der Waals surface area contributed by atoms with Crippen LogP contribution in [0.4, 0.5) is 4.39 Å². The fourth-order valence-electron chi connectivity index (χ4n) is 2.54. The Labute approximate surface area is 102 Å². The van der Waals surface area contributed by atoms with E-state index in [0.29, 0.717) is 23.9 Å². The zero-order chi connectivity index (χ0) is 12.3. The molecule has 1 saturated heterocycles. The van der Waals surface area contributed by atoms with E-state index in [9.17, 15) is 9.50 Å². The first-order valence-corrected chi connectivity index (χ1v) is 6.32. The van der Waals surface area contributed by atoms with Crippen molar-refractivity contribution in [3.05, 3.63) is 35.6 Å². The van der Waals surface area contributed by atoms with E-state index in [1.807, 2.05) is 0 Å². The molecule has 0 aromatic heterocycles. The summed E-state index contributed by atoms with van der Waals surface area (Å²) in [7, 11) is 0. The number of aliphatic hydroxyl groups is 1. The Kier molecular flexibility index (Phi) is 4.13. The maximum atomic E-state index is 13.5. The van der Waals surface area contributed by atoms with E-state index in [4.69, 9.17) is 0 Å². The molecule has 2 rings (SSSR count). The molecule has 1 heterocycles. The summed E-state index contributed by atoms with van der Waals surface area (Å²) in [5.41, 5.74) is 0.410. The summed E-state index contributed by atoms with van der Waals surface area (Å²) in [6, 6.07) is 6.76. The molecule has 2 nitrogen and oxygen atoms in total. The Balaban J connectivity index is 1.97. The van der Waals surface area contributed by atoms with Gasteiger partial charge in [-0.05, 0) is 37.8 Å². The second-order valence-electron chi connectivity index (χ2n) is 5.05. The van der Waals surface area contributed by atoms with Crippen LogP contribution in [0.3, 0.4) is 0 Å². The predicted molar refractivity (Wildman–Crippen MR) is 66.2 cm³/mol. The second-order valence-corrected chi connectivity index (χ2v) is 5.05. The summed E-state index contributed by atoms with van der Waals surface area (Å²) in [5.74, 6) is 0.373. The van der Waals surface area contributed by atoms with Gasteiger partial charge in [0.25, 0.3) is 0 Å². The van der Waals surface area contributed by atoms with Gasteiger partial charge >= 0.3 is 0 Å². The van der Waals surface area contributed by atoms with E-state index in [2.05, 4.69) is 12.2 Å². The van der Waals surface area contributed by atoms with Gasteiger partial charge in [-0.2, -0.15) is 0 Å². The van der Waals surface area contributed by atoms with Crippen molar-refractivity contribution in [2.24, 2.45) is 5.92 Å². The number of halogens is 1. The van der Waals surface area contributed by atoms with Crippen LogP contribution in [-0.4, -0.2) is 17.7 Å². The van der Waals surface area contributed by atoms with E-state index in [1.54, 1.807) is 18.2 Å². The predicted octanol–water partition coefficient (Wildman–Crippen LogP) is 2.64. The summed E-state index contributed by atoms with van der Waals surface area (Å²) in [6.07, 6.45) is 2.13. The lowest BCUT2D eigenvalue weighted by Crippen LogP contribution is -2.38. The van der Waals surface area contributed by atoms with Gasteiger partial charge in [-0.15, -0.1) is 0 Å². The van der Waals surface area contributed by atoms with Crippen LogP contribution in [0.2, 0.25) is 0 Å². The highest BCUT2D eigenvalue weighted by atomic mass is 19.1. The van der Waals surface area contributed by atoms with Gasteiger partial charge in [0.1, 0.15) is 5.82 Å². The van der Waals surface area contributed by atoms with Crippen molar-refractivity contribution in [1.82, 2.24) is 5.32 Å². The van der Waals surface area contributed by atoms with Crippen LogP contribution >= 0.6 is 0 Å². The van der Waals surface area contributed by atoms with Gasteiger partial charge in [0.15, 0.2) is 0 Å². The van der Waals surface area contributed by atoms with Crippen molar-refractivity contribution in [3.8, 4) is 0 Å². The quantitative estimate of drug-likeness (QED) is 0.847. The van der Waals surface area contributed by atoms with Crippen molar-refractivity contribution in [2.75, 3.05) is 6.54 Å². The zero-order valence-corrected chi connectivity index (χ0v) is 10.2. The Morgan fingerprint density at radius 1 is 1.47 bits per heavy atom. The standard InChI is InChI=1S/C14H20FNO/c1-10-6-7-16-11(8-10)9-14(17)12-4-2-3-5-13(12)15/h2-5,10-11,14,16-17H,6-9H2,1H3. The van der Waals surface area contributed by atoms with E-state index in [-0.39, 0.29) is 5.82 Å². The molecule has 1 aromatic rings. The number of benzene rings is 1. The SMILES string of the molecule is CC1CCNC(CC(O)c2ccccc2F)C1. The molecular formula is C14H20FNO. The van der Waals surface area contributed by atoms with E-state index < -0.39 is 6.10 Å². The molecular weight excluding hydrogens is 217 g/mol. The smallest absolute Gasteiger partial charge is 0.128 e. The van der Waals surface area contributed by atoms with Crippen LogP contribution in [0.1, 0.15) is 37.9 Å². The third-order valence-electron chi connectivity index (χ3n) is 3.53. The lowest BCUT2D eigenvalue weighted by molar-refractivity contribution is 0.134. The minimum Gasteiger partial charge on any atom is -0.388 e. The number of aliphatic hydroxyl groups excluding tert-OH is 1. The monoisotopic (exact) mass is 237 g/mol. The minimum atomic E-state index is -0.709. The first kappa shape index (κ1) is 12.5. The first-order chi connectivity index (χ1) is 8.16. The van der Waals surface area contributed by atoms with Crippen molar-refractivity contribution >= 4 is 0 Å². The largest absolute Gasteiger partial charge is 0.388 e. The Hall–Kier alpha value is -0.930. The Bertz CT molecular complexity index is 369. The van der Waals surface area contributed by atoms with Crippen LogP contribution in [0.15, 0.2) is 24.3 Å². The molecule has 17 heavy (non-hydrogen) atoms. The Morgan fingerprint density at radius 2 is 2.24 bits per heavy atom. The highest BCUT2D eigenvalue weighted by Gasteiger charge is 2.22. The van der Waals surface area contributed by atoms with Gasteiger partial charge in [0.2, 0.25) is 0 Å². The number of nitrogens with one attached hydrogen (secondary N) is 1. The van der Waals surface area contributed by atoms with Crippen LogP contribution in [0, 0.1) is 11.7 Å². The lowest BCUT2D eigenvalue weighted by atomic mass is 9.90. The van der Waals surface area contributed by atoms with Crippen LogP contribution in [-0.2, 0) is 0 Å². The van der Waals surface area contributed by atoms with Crippen molar-refractivity contribution in [3.63, 3.8) is 0 Å². The van der Waals surface area contributed by atoms with Gasteiger partial charge in [-0.1, -0.05) is 25.1 Å². The maximum Gasteiger partial charge on any atom is 0.128 e. The summed E-state index contributed by atoms with van der Waals surface area (Å²) < 4.78 is 13.5. The average Bonchev–Trinajstić information content (AvgIpc) is 2.29. The minimum absolute atomic E-state index is 0.299. The molecule has 0 amide bonds. The van der Waals surface area contributed by atoms with Gasteiger partial charge in [0, 0.05) is 11.6 Å². The molecule has 3 heteroatoms. The molecule has 2 N–H and O–H groups in total. The number of hydrogen-bond donors (Lipinski definition) is 2. The van der Waals surface area contributed by atoms with Crippen LogP contribution in [0.5, 0.6) is 0 Å². The maximum absolute atomic E-state index is 13.5. The molecule has 94 valence electrons. The third kappa shape index (κ3) is 3.27. The molecule has 0 bridgehead atoms. The number of hydrogen-bond acceptors (Lipinski definition) is 2. The Morgan fingerprint density at radius 3 is 2.94 bits per heavy atom. The summed E-state index contributed by atoms with van der Waals surface area (Å²) in [6.45, 7) is 3.22. The molecule has 0 radical (unpaired) electrons. The molecule has 3 unspecified atom stereocenters. The molecule has 0 aliphatic carbocycles. The lowest BCUT2D eigenvalue weighted by Gasteiger charge is -2.29. The summed E-state index contributed by atoms with van der Waals surface area (Å²) in [4.78, 5) is 0. The van der Waals surface area contributed by atoms with Crippen LogP contribution < -0.4 is 5.32 Å². The average molecular weight is 237 g/mol. The van der Waals surface area contributed by atoms with Gasteiger partial charge in [-0.3, -0.25) is 0 Å². The van der Waals surface area contributed by atoms with Gasteiger partial charge in [0.05, 0.1) is 6.10 Å². The fraction of sp³-hybridized carbons (Fsp3) is 0.571. The topological polar surface area (TPSA) is 32.3 Å². The zero-order valence-electron chi connectivity index (χ0n) is 10.2. The molecule has 1 aliphatic rings. The third-order valence-corrected chi connectivity index (χ3v) is 3.53. The normalized spacial score (nSPS) is 26.8. The van der Waals surface area contributed by atoms with Crippen molar-refractivity contribution in [1.29, 1.82) is 0 Å². The van der Waals surface area contributed by atoms with E-state index in [0.717, 1.165) is 13.0 Å². The molecule has 0 saturated carbocycles. The molecule has 1 aliphatic heterocycles. The van der Waals surface area contributed by atoms with Gasteiger partial charge in [-0.25, -0.2) is 4.39 Å². The molecule has 3 atom stereocenters. The number of piperidine rings is 1.